The lowest BCUT2D eigenvalue weighted by Crippen LogP contribution is -2.21. The molecule has 0 atom stereocenters. The van der Waals surface area contributed by atoms with E-state index in [4.69, 9.17) is 5.11 Å². The van der Waals surface area contributed by atoms with Crippen LogP contribution in [0.5, 0.6) is 11.5 Å². The second-order valence-electron chi connectivity index (χ2n) is 3.72. The molecule has 0 aliphatic heterocycles. The van der Waals surface area contributed by atoms with Crippen molar-refractivity contribution in [2.75, 3.05) is 6.61 Å². The molecule has 0 saturated heterocycles. The van der Waals surface area contributed by atoms with Crippen LogP contribution in [0.4, 0.5) is 0 Å². The van der Waals surface area contributed by atoms with Gasteiger partial charge in [-0.25, -0.2) is 0 Å². The van der Waals surface area contributed by atoms with Crippen molar-refractivity contribution >= 4 is 0 Å². The molecule has 72 valence electrons. The number of phenolic OH excluding ortho intramolecular Hbond substituents is 2. The molecular weight excluding hydrogens is 168 g/mol. The zero-order valence-corrected chi connectivity index (χ0v) is 7.78. The maximum atomic E-state index is 9.50. The van der Waals surface area contributed by atoms with Crippen molar-refractivity contribution in [2.24, 2.45) is 0 Å². The summed E-state index contributed by atoms with van der Waals surface area (Å²) in [4.78, 5) is 0. The lowest BCUT2D eigenvalue weighted by molar-refractivity contribution is 0.214. The van der Waals surface area contributed by atoms with E-state index in [0.717, 1.165) is 0 Å². The highest BCUT2D eigenvalue weighted by atomic mass is 16.3. The second-order valence-corrected chi connectivity index (χ2v) is 3.72. The summed E-state index contributed by atoms with van der Waals surface area (Å²) in [6.07, 6.45) is 0. The van der Waals surface area contributed by atoms with Crippen molar-refractivity contribution in [3.05, 3.63) is 23.8 Å². The zero-order valence-electron chi connectivity index (χ0n) is 7.78. The normalized spacial score (nSPS) is 11.6. The molecule has 0 aliphatic carbocycles. The van der Waals surface area contributed by atoms with Crippen LogP contribution in [-0.2, 0) is 5.41 Å². The van der Waals surface area contributed by atoms with Gasteiger partial charge in [-0.1, -0.05) is 26.0 Å². The Balaban J connectivity index is 3.22. The van der Waals surface area contributed by atoms with Crippen LogP contribution in [0.1, 0.15) is 19.4 Å². The maximum absolute atomic E-state index is 9.50. The van der Waals surface area contributed by atoms with Gasteiger partial charge in [0.05, 0.1) is 6.61 Å². The number of hydrogen-bond donors (Lipinski definition) is 3. The van der Waals surface area contributed by atoms with E-state index >= 15 is 0 Å². The van der Waals surface area contributed by atoms with Gasteiger partial charge >= 0.3 is 0 Å². The van der Waals surface area contributed by atoms with Crippen LogP contribution >= 0.6 is 0 Å². The van der Waals surface area contributed by atoms with Crippen molar-refractivity contribution in [1.82, 2.24) is 0 Å². The molecule has 0 fully saturated rings. The van der Waals surface area contributed by atoms with Crippen LogP contribution in [0.15, 0.2) is 18.2 Å². The smallest absolute Gasteiger partial charge is 0.161 e. The van der Waals surface area contributed by atoms with Gasteiger partial charge in [0.25, 0.3) is 0 Å². The number of phenols is 2. The van der Waals surface area contributed by atoms with Gasteiger partial charge in [-0.3, -0.25) is 0 Å². The minimum Gasteiger partial charge on any atom is -0.504 e. The standard InChI is InChI=1S/C10H14O3/c1-10(2,6-11)7-4-3-5-8(12)9(7)13/h3-5,11-13H,6H2,1-2H3. The lowest BCUT2D eigenvalue weighted by atomic mass is 9.85. The molecule has 0 spiro atoms. The maximum Gasteiger partial charge on any atom is 0.161 e. The highest BCUT2D eigenvalue weighted by Crippen LogP contribution is 2.36. The number of benzene rings is 1. The summed E-state index contributed by atoms with van der Waals surface area (Å²) in [5.74, 6) is -0.305. The molecule has 1 rings (SSSR count). The molecule has 3 nitrogen and oxygen atoms in total. The average molecular weight is 182 g/mol. The topological polar surface area (TPSA) is 60.7 Å². The summed E-state index contributed by atoms with van der Waals surface area (Å²) in [6.45, 7) is 3.51. The molecule has 3 heteroatoms. The van der Waals surface area contributed by atoms with Crippen molar-refractivity contribution in [1.29, 1.82) is 0 Å². The summed E-state index contributed by atoms with van der Waals surface area (Å²) in [5, 5.41) is 27.8. The molecule has 0 bridgehead atoms. The summed E-state index contributed by atoms with van der Waals surface area (Å²) in [7, 11) is 0. The molecule has 0 amide bonds. The average Bonchev–Trinajstić information content (AvgIpc) is 2.09. The Morgan fingerprint density at radius 2 is 1.85 bits per heavy atom. The number of para-hydroxylation sites is 1. The summed E-state index contributed by atoms with van der Waals surface area (Å²) in [6, 6.07) is 4.74. The fourth-order valence-corrected chi connectivity index (χ4v) is 1.16. The Hall–Kier alpha value is -1.22. The van der Waals surface area contributed by atoms with Crippen molar-refractivity contribution < 1.29 is 15.3 Å². The Morgan fingerprint density at radius 1 is 1.23 bits per heavy atom. The van der Waals surface area contributed by atoms with Crippen LogP contribution in [0.3, 0.4) is 0 Å². The number of aliphatic hydroxyl groups excluding tert-OH is 1. The van der Waals surface area contributed by atoms with E-state index in [1.165, 1.54) is 6.07 Å². The van der Waals surface area contributed by atoms with Crippen LogP contribution in [0.2, 0.25) is 0 Å². The summed E-state index contributed by atoms with van der Waals surface area (Å²) >= 11 is 0. The van der Waals surface area contributed by atoms with E-state index in [9.17, 15) is 10.2 Å². The molecule has 0 unspecified atom stereocenters. The summed E-state index contributed by atoms with van der Waals surface area (Å²) in [5.41, 5.74) is 0.0121. The van der Waals surface area contributed by atoms with Crippen molar-refractivity contribution in [3.8, 4) is 11.5 Å². The molecule has 0 heterocycles. The SMILES string of the molecule is CC(C)(CO)c1cccc(O)c1O. The van der Waals surface area contributed by atoms with Gasteiger partial charge in [0, 0.05) is 11.0 Å². The highest BCUT2D eigenvalue weighted by molar-refractivity contribution is 5.47. The Labute approximate surface area is 77.3 Å². The zero-order chi connectivity index (χ0) is 10.1. The van der Waals surface area contributed by atoms with E-state index in [1.807, 2.05) is 0 Å². The predicted octanol–water partition coefficient (Wildman–Crippen LogP) is 1.37. The van der Waals surface area contributed by atoms with Crippen molar-refractivity contribution in [3.63, 3.8) is 0 Å². The Morgan fingerprint density at radius 3 is 2.38 bits per heavy atom. The van der Waals surface area contributed by atoms with Gasteiger partial charge in [-0.15, -0.1) is 0 Å². The fourth-order valence-electron chi connectivity index (χ4n) is 1.16. The van der Waals surface area contributed by atoms with Gasteiger partial charge in [0.2, 0.25) is 0 Å². The van der Waals surface area contributed by atoms with E-state index in [0.29, 0.717) is 5.56 Å². The van der Waals surface area contributed by atoms with Crippen LogP contribution in [0.25, 0.3) is 0 Å². The van der Waals surface area contributed by atoms with E-state index in [-0.39, 0.29) is 18.1 Å². The van der Waals surface area contributed by atoms with Crippen molar-refractivity contribution in [2.45, 2.75) is 19.3 Å². The number of rotatable bonds is 2. The third kappa shape index (κ3) is 1.75. The van der Waals surface area contributed by atoms with Gasteiger partial charge < -0.3 is 15.3 Å². The van der Waals surface area contributed by atoms with Crippen LogP contribution < -0.4 is 0 Å². The fraction of sp³-hybridized carbons (Fsp3) is 0.400. The molecule has 0 aliphatic rings. The lowest BCUT2D eigenvalue weighted by Gasteiger charge is -2.23. The largest absolute Gasteiger partial charge is 0.504 e. The van der Waals surface area contributed by atoms with Crippen LogP contribution in [-0.4, -0.2) is 21.9 Å². The molecular formula is C10H14O3. The minimum atomic E-state index is -0.539. The van der Waals surface area contributed by atoms with E-state index in [2.05, 4.69) is 0 Å². The van der Waals surface area contributed by atoms with E-state index in [1.54, 1.807) is 26.0 Å². The third-order valence-corrected chi connectivity index (χ3v) is 2.14. The molecule has 3 N–H and O–H groups in total. The predicted molar refractivity (Wildman–Crippen MR) is 49.9 cm³/mol. The first-order valence-electron chi connectivity index (χ1n) is 4.11. The molecule has 0 radical (unpaired) electrons. The minimum absolute atomic E-state index is 0.0794. The van der Waals surface area contributed by atoms with Gasteiger partial charge in [-0.2, -0.15) is 0 Å². The highest BCUT2D eigenvalue weighted by Gasteiger charge is 2.23. The molecule has 13 heavy (non-hydrogen) atoms. The Bertz CT molecular complexity index is 305. The third-order valence-electron chi connectivity index (χ3n) is 2.14. The monoisotopic (exact) mass is 182 g/mol. The van der Waals surface area contributed by atoms with Gasteiger partial charge in [-0.05, 0) is 6.07 Å². The molecule has 0 saturated carbocycles. The molecule has 1 aromatic rings. The van der Waals surface area contributed by atoms with E-state index < -0.39 is 5.41 Å². The first-order chi connectivity index (χ1) is 5.99. The molecule has 0 aromatic heterocycles. The number of aromatic hydroxyl groups is 2. The van der Waals surface area contributed by atoms with Crippen LogP contribution in [0, 0.1) is 0 Å². The second kappa shape index (κ2) is 3.26. The first-order valence-corrected chi connectivity index (χ1v) is 4.11. The summed E-state index contributed by atoms with van der Waals surface area (Å²) < 4.78 is 0. The number of hydrogen-bond acceptors (Lipinski definition) is 3. The quantitative estimate of drug-likeness (QED) is 0.605. The van der Waals surface area contributed by atoms with Gasteiger partial charge in [0.15, 0.2) is 11.5 Å². The molecule has 1 aromatic carbocycles. The number of aliphatic hydroxyl groups is 1. The first kappa shape index (κ1) is 9.86. The van der Waals surface area contributed by atoms with Gasteiger partial charge in [0.1, 0.15) is 0 Å². The Kier molecular flexibility index (Phi) is 2.48.